The summed E-state index contributed by atoms with van der Waals surface area (Å²) in [4.78, 5) is 20.7. The molecule has 7 nitrogen and oxygen atoms in total. The largest absolute Gasteiger partial charge is 0.349 e. The van der Waals surface area contributed by atoms with Crippen molar-refractivity contribution in [2.75, 3.05) is 6.54 Å². The second-order valence-corrected chi connectivity index (χ2v) is 9.78. The third-order valence-electron chi connectivity index (χ3n) is 5.39. The van der Waals surface area contributed by atoms with Crippen LogP contribution in [0.15, 0.2) is 108 Å². The molecule has 0 fully saturated rings. The Morgan fingerprint density at radius 2 is 1.53 bits per heavy atom. The van der Waals surface area contributed by atoms with Gasteiger partial charge in [-0.25, -0.2) is 13.4 Å². The average Bonchev–Trinajstić information content (AvgIpc) is 3.38. The van der Waals surface area contributed by atoms with Crippen LogP contribution in [0.1, 0.15) is 23.0 Å². The van der Waals surface area contributed by atoms with Crippen molar-refractivity contribution in [1.82, 2.24) is 19.6 Å². The van der Waals surface area contributed by atoms with Crippen molar-refractivity contribution in [1.29, 1.82) is 0 Å². The van der Waals surface area contributed by atoms with Gasteiger partial charge in [0.2, 0.25) is 15.9 Å². The molecule has 8 heteroatoms. The number of rotatable bonds is 10. The number of aromatic nitrogens is 2. The molecule has 0 saturated heterocycles. The minimum atomic E-state index is -3.89. The SMILES string of the molecule is O=C(CN(Cc1ccccc1)S(=O)(=O)c1ccccc1)NC(Cc1ncc[nH]1)c1ccccc1. The highest BCUT2D eigenvalue weighted by Crippen LogP contribution is 2.20. The summed E-state index contributed by atoms with van der Waals surface area (Å²) in [5.74, 6) is 0.336. The van der Waals surface area contributed by atoms with Crippen LogP contribution in [-0.4, -0.2) is 35.1 Å². The van der Waals surface area contributed by atoms with Gasteiger partial charge in [-0.1, -0.05) is 78.9 Å². The maximum Gasteiger partial charge on any atom is 0.243 e. The van der Waals surface area contributed by atoms with Crippen LogP contribution in [0.3, 0.4) is 0 Å². The number of carbonyl (C=O) groups excluding carboxylic acids is 1. The zero-order valence-electron chi connectivity index (χ0n) is 18.5. The van der Waals surface area contributed by atoms with E-state index in [0.29, 0.717) is 6.42 Å². The Balaban J connectivity index is 1.57. The van der Waals surface area contributed by atoms with Crippen molar-refractivity contribution in [3.05, 3.63) is 120 Å². The van der Waals surface area contributed by atoms with Gasteiger partial charge in [0, 0.05) is 25.4 Å². The van der Waals surface area contributed by atoms with Crippen LogP contribution in [0.2, 0.25) is 0 Å². The number of nitrogens with one attached hydrogen (secondary N) is 2. The highest BCUT2D eigenvalue weighted by molar-refractivity contribution is 7.89. The molecule has 174 valence electrons. The minimum Gasteiger partial charge on any atom is -0.349 e. The quantitative estimate of drug-likeness (QED) is 0.366. The number of sulfonamides is 1. The standard InChI is InChI=1S/C26H26N4O3S/c31-26(29-24(18-25-27-16-17-28-25)22-12-6-2-7-13-22)20-30(19-21-10-4-1-5-11-21)34(32,33)23-14-8-3-9-15-23/h1-17,24H,18-20H2,(H,27,28)(H,29,31). The molecule has 0 aliphatic rings. The normalized spacial score (nSPS) is 12.4. The number of imidazole rings is 1. The molecule has 34 heavy (non-hydrogen) atoms. The Hall–Kier alpha value is -3.75. The predicted octanol–water partition coefficient (Wildman–Crippen LogP) is 3.70. The van der Waals surface area contributed by atoms with E-state index in [2.05, 4.69) is 15.3 Å². The van der Waals surface area contributed by atoms with Crippen LogP contribution >= 0.6 is 0 Å². The molecule has 1 aromatic heterocycles. The Bertz CT molecular complexity index is 1280. The van der Waals surface area contributed by atoms with Crippen LogP contribution in [0.5, 0.6) is 0 Å². The van der Waals surface area contributed by atoms with Crippen LogP contribution in [-0.2, 0) is 27.8 Å². The average molecular weight is 475 g/mol. The molecule has 0 bridgehead atoms. The smallest absolute Gasteiger partial charge is 0.243 e. The summed E-state index contributed by atoms with van der Waals surface area (Å²) in [6, 6.07) is 26.6. The van der Waals surface area contributed by atoms with E-state index in [1.54, 1.807) is 30.6 Å². The van der Waals surface area contributed by atoms with E-state index in [4.69, 9.17) is 0 Å². The van der Waals surface area contributed by atoms with Crippen molar-refractivity contribution < 1.29 is 13.2 Å². The molecular formula is C26H26N4O3S. The summed E-state index contributed by atoms with van der Waals surface area (Å²) < 4.78 is 28.0. The van der Waals surface area contributed by atoms with Crippen LogP contribution in [0.25, 0.3) is 0 Å². The zero-order chi connectivity index (χ0) is 23.8. The first-order valence-electron chi connectivity index (χ1n) is 10.9. The van der Waals surface area contributed by atoms with E-state index in [-0.39, 0.29) is 24.0 Å². The van der Waals surface area contributed by atoms with E-state index >= 15 is 0 Å². The van der Waals surface area contributed by atoms with Gasteiger partial charge < -0.3 is 10.3 Å². The number of hydrogen-bond acceptors (Lipinski definition) is 4. The van der Waals surface area contributed by atoms with Gasteiger partial charge in [0.15, 0.2) is 0 Å². The second-order valence-electron chi connectivity index (χ2n) is 7.84. The molecule has 0 aliphatic carbocycles. The van der Waals surface area contributed by atoms with E-state index in [9.17, 15) is 13.2 Å². The number of nitrogens with zero attached hydrogens (tertiary/aromatic N) is 2. The van der Waals surface area contributed by atoms with Crippen molar-refractivity contribution in [3.8, 4) is 0 Å². The molecule has 3 aromatic carbocycles. The molecule has 1 heterocycles. The van der Waals surface area contributed by atoms with E-state index in [1.807, 2.05) is 60.7 Å². The van der Waals surface area contributed by atoms with Crippen molar-refractivity contribution >= 4 is 15.9 Å². The Morgan fingerprint density at radius 3 is 2.15 bits per heavy atom. The fourth-order valence-electron chi connectivity index (χ4n) is 3.70. The van der Waals surface area contributed by atoms with Crippen LogP contribution < -0.4 is 5.32 Å². The highest BCUT2D eigenvalue weighted by Gasteiger charge is 2.28. The molecule has 4 rings (SSSR count). The first kappa shape index (κ1) is 23.4. The Labute approximate surface area is 199 Å². The molecule has 0 spiro atoms. The summed E-state index contributed by atoms with van der Waals surface area (Å²) in [7, 11) is -3.89. The van der Waals surface area contributed by atoms with Crippen molar-refractivity contribution in [2.24, 2.45) is 0 Å². The summed E-state index contributed by atoms with van der Waals surface area (Å²) in [5.41, 5.74) is 1.71. The third kappa shape index (κ3) is 5.98. The Kier molecular flexibility index (Phi) is 7.51. The molecule has 0 radical (unpaired) electrons. The number of H-pyrrole nitrogens is 1. The van der Waals surface area contributed by atoms with E-state index < -0.39 is 15.9 Å². The lowest BCUT2D eigenvalue weighted by molar-refractivity contribution is -0.122. The molecule has 0 aliphatic heterocycles. The molecule has 1 amide bonds. The van der Waals surface area contributed by atoms with Crippen LogP contribution in [0.4, 0.5) is 0 Å². The van der Waals surface area contributed by atoms with Gasteiger partial charge in [0.05, 0.1) is 17.5 Å². The summed E-state index contributed by atoms with van der Waals surface area (Å²) in [5, 5.41) is 3.01. The molecule has 2 N–H and O–H groups in total. The maximum absolute atomic E-state index is 13.4. The molecular weight excluding hydrogens is 448 g/mol. The van der Waals surface area contributed by atoms with Gasteiger partial charge in [-0.05, 0) is 23.3 Å². The van der Waals surface area contributed by atoms with E-state index in [1.165, 1.54) is 16.4 Å². The summed E-state index contributed by atoms with van der Waals surface area (Å²) in [6.45, 7) is -0.229. The monoisotopic (exact) mass is 474 g/mol. The minimum absolute atomic E-state index is 0.0830. The zero-order valence-corrected chi connectivity index (χ0v) is 19.4. The van der Waals surface area contributed by atoms with Gasteiger partial charge >= 0.3 is 0 Å². The van der Waals surface area contributed by atoms with Gasteiger partial charge in [0.25, 0.3) is 0 Å². The second kappa shape index (κ2) is 10.9. The van der Waals surface area contributed by atoms with Crippen molar-refractivity contribution in [3.63, 3.8) is 0 Å². The maximum atomic E-state index is 13.4. The lowest BCUT2D eigenvalue weighted by Gasteiger charge is -2.24. The van der Waals surface area contributed by atoms with Gasteiger partial charge in [-0.2, -0.15) is 4.31 Å². The number of carbonyl (C=O) groups is 1. The number of amides is 1. The van der Waals surface area contributed by atoms with Gasteiger partial charge in [-0.15, -0.1) is 0 Å². The molecule has 1 unspecified atom stereocenters. The number of benzene rings is 3. The lowest BCUT2D eigenvalue weighted by Crippen LogP contribution is -2.42. The molecule has 1 atom stereocenters. The number of aromatic amines is 1. The van der Waals surface area contributed by atoms with E-state index in [0.717, 1.165) is 17.0 Å². The summed E-state index contributed by atoms with van der Waals surface area (Å²) >= 11 is 0. The third-order valence-corrected chi connectivity index (χ3v) is 7.20. The first-order chi connectivity index (χ1) is 16.5. The summed E-state index contributed by atoms with van der Waals surface area (Å²) in [6.07, 6.45) is 3.84. The lowest BCUT2D eigenvalue weighted by atomic mass is 10.0. The van der Waals surface area contributed by atoms with Gasteiger partial charge in [-0.3, -0.25) is 4.79 Å². The number of hydrogen-bond donors (Lipinski definition) is 2. The topological polar surface area (TPSA) is 95.2 Å². The molecule has 0 saturated carbocycles. The predicted molar refractivity (Wildman–Crippen MR) is 130 cm³/mol. The van der Waals surface area contributed by atoms with Crippen LogP contribution in [0, 0.1) is 0 Å². The Morgan fingerprint density at radius 1 is 0.912 bits per heavy atom. The van der Waals surface area contributed by atoms with Gasteiger partial charge in [0.1, 0.15) is 5.82 Å². The van der Waals surface area contributed by atoms with Crippen molar-refractivity contribution in [2.45, 2.75) is 23.9 Å². The first-order valence-corrected chi connectivity index (χ1v) is 12.4. The fraction of sp³-hybridized carbons (Fsp3) is 0.154. The molecule has 4 aromatic rings. The fourth-order valence-corrected chi connectivity index (χ4v) is 5.10. The highest BCUT2D eigenvalue weighted by atomic mass is 32.2.